The molecule has 1 aromatic heterocycles. The first-order valence-electron chi connectivity index (χ1n) is 4.78. The summed E-state index contributed by atoms with van der Waals surface area (Å²) in [5.41, 5.74) is 0. The second-order valence-electron chi connectivity index (χ2n) is 3.55. The van der Waals surface area contributed by atoms with Crippen molar-refractivity contribution in [3.8, 4) is 0 Å². The summed E-state index contributed by atoms with van der Waals surface area (Å²) in [5.74, 6) is 2.91. The summed E-state index contributed by atoms with van der Waals surface area (Å²) in [6.45, 7) is 2.08. The van der Waals surface area contributed by atoms with E-state index in [0.29, 0.717) is 0 Å². The molecule has 3 heteroatoms. The number of nitrogens with one attached hydrogen (secondary N) is 1. The fourth-order valence-corrected chi connectivity index (χ4v) is 1.55. The number of H-pyrrole nitrogens is 1. The van der Waals surface area contributed by atoms with Gasteiger partial charge < -0.3 is 0 Å². The highest BCUT2D eigenvalue weighted by Gasteiger charge is 2.19. The van der Waals surface area contributed by atoms with Gasteiger partial charge >= 0.3 is 0 Å². The van der Waals surface area contributed by atoms with Crippen molar-refractivity contribution in [1.29, 1.82) is 0 Å². The van der Waals surface area contributed by atoms with Crippen LogP contribution in [0.15, 0.2) is 0 Å². The van der Waals surface area contributed by atoms with E-state index in [2.05, 4.69) is 22.1 Å². The number of aryl methyl sites for hydroxylation is 1. The molecule has 1 aromatic rings. The molecule has 12 heavy (non-hydrogen) atoms. The molecule has 66 valence electrons. The largest absolute Gasteiger partial charge is 0.263 e. The SMILES string of the molecule is CCc1n[nH]c(CC2CCC2)n1. The van der Waals surface area contributed by atoms with E-state index in [1.807, 2.05) is 0 Å². The molecule has 0 radical (unpaired) electrons. The minimum atomic E-state index is 0.877. The molecule has 0 spiro atoms. The molecule has 1 N–H and O–H groups in total. The molecule has 1 fully saturated rings. The fraction of sp³-hybridized carbons (Fsp3) is 0.778. The first kappa shape index (κ1) is 7.77. The molecule has 0 aromatic carbocycles. The Labute approximate surface area is 72.6 Å². The predicted octanol–water partition coefficient (Wildman–Crippen LogP) is 1.71. The van der Waals surface area contributed by atoms with E-state index in [0.717, 1.165) is 30.4 Å². The van der Waals surface area contributed by atoms with Crippen LogP contribution in [0.5, 0.6) is 0 Å². The Morgan fingerprint density at radius 2 is 2.33 bits per heavy atom. The Balaban J connectivity index is 1.93. The van der Waals surface area contributed by atoms with Crippen LogP contribution in [-0.4, -0.2) is 15.2 Å². The van der Waals surface area contributed by atoms with E-state index >= 15 is 0 Å². The second kappa shape index (κ2) is 3.25. The predicted molar refractivity (Wildman–Crippen MR) is 46.8 cm³/mol. The highest BCUT2D eigenvalue weighted by Crippen LogP contribution is 2.28. The first-order chi connectivity index (χ1) is 5.88. The van der Waals surface area contributed by atoms with E-state index < -0.39 is 0 Å². The Hall–Kier alpha value is -0.860. The van der Waals surface area contributed by atoms with E-state index in [1.165, 1.54) is 19.3 Å². The molecule has 1 saturated carbocycles. The number of hydrogen-bond acceptors (Lipinski definition) is 2. The number of nitrogens with zero attached hydrogens (tertiary/aromatic N) is 2. The maximum absolute atomic E-state index is 4.38. The maximum atomic E-state index is 4.38. The highest BCUT2D eigenvalue weighted by molar-refractivity contribution is 4.92. The summed E-state index contributed by atoms with van der Waals surface area (Å²) < 4.78 is 0. The van der Waals surface area contributed by atoms with Crippen molar-refractivity contribution >= 4 is 0 Å². The van der Waals surface area contributed by atoms with E-state index in [-0.39, 0.29) is 0 Å². The topological polar surface area (TPSA) is 41.6 Å². The molecule has 0 bridgehead atoms. The van der Waals surface area contributed by atoms with Crippen LogP contribution in [0.2, 0.25) is 0 Å². The number of aromatic nitrogens is 3. The average molecular weight is 165 g/mol. The van der Waals surface area contributed by atoms with Gasteiger partial charge in [0.15, 0.2) is 0 Å². The van der Waals surface area contributed by atoms with E-state index in [4.69, 9.17) is 0 Å². The molecule has 0 aliphatic heterocycles. The molecule has 1 heterocycles. The summed E-state index contributed by atoms with van der Waals surface area (Å²) >= 11 is 0. The average Bonchev–Trinajstić information content (AvgIpc) is 2.44. The fourth-order valence-electron chi connectivity index (χ4n) is 1.55. The zero-order valence-corrected chi connectivity index (χ0v) is 7.51. The van der Waals surface area contributed by atoms with Crippen LogP contribution in [0, 0.1) is 5.92 Å². The van der Waals surface area contributed by atoms with E-state index in [9.17, 15) is 0 Å². The molecule has 3 nitrogen and oxygen atoms in total. The second-order valence-corrected chi connectivity index (χ2v) is 3.55. The quantitative estimate of drug-likeness (QED) is 0.740. The van der Waals surface area contributed by atoms with Gasteiger partial charge in [0, 0.05) is 12.8 Å². The van der Waals surface area contributed by atoms with Crippen molar-refractivity contribution in [2.45, 2.75) is 39.0 Å². The maximum Gasteiger partial charge on any atom is 0.150 e. The normalized spacial score (nSPS) is 17.8. The smallest absolute Gasteiger partial charge is 0.150 e. The molecule has 1 aliphatic rings. The van der Waals surface area contributed by atoms with Crippen molar-refractivity contribution in [2.75, 3.05) is 0 Å². The van der Waals surface area contributed by atoms with Gasteiger partial charge in [-0.05, 0) is 5.92 Å². The van der Waals surface area contributed by atoms with Gasteiger partial charge in [0.05, 0.1) is 0 Å². The lowest BCUT2D eigenvalue weighted by Gasteiger charge is -2.23. The summed E-state index contributed by atoms with van der Waals surface area (Å²) in [7, 11) is 0. The third-order valence-electron chi connectivity index (χ3n) is 2.60. The first-order valence-corrected chi connectivity index (χ1v) is 4.78. The van der Waals surface area contributed by atoms with E-state index in [1.54, 1.807) is 0 Å². The third-order valence-corrected chi connectivity index (χ3v) is 2.60. The van der Waals surface area contributed by atoms with Crippen LogP contribution in [0.4, 0.5) is 0 Å². The lowest BCUT2D eigenvalue weighted by Crippen LogP contribution is -2.14. The molecule has 0 atom stereocenters. The summed E-state index contributed by atoms with van der Waals surface area (Å²) in [6, 6.07) is 0. The van der Waals surface area contributed by atoms with Gasteiger partial charge in [-0.15, -0.1) is 0 Å². The van der Waals surface area contributed by atoms with Crippen LogP contribution in [0.25, 0.3) is 0 Å². The molecular weight excluding hydrogens is 150 g/mol. The minimum absolute atomic E-state index is 0.877. The minimum Gasteiger partial charge on any atom is -0.263 e. The molecule has 1 aliphatic carbocycles. The molecular formula is C9H15N3. The Kier molecular flexibility index (Phi) is 2.11. The monoisotopic (exact) mass is 165 g/mol. The van der Waals surface area contributed by atoms with Crippen LogP contribution in [-0.2, 0) is 12.8 Å². The zero-order valence-electron chi connectivity index (χ0n) is 7.51. The highest BCUT2D eigenvalue weighted by atomic mass is 15.2. The summed E-state index contributed by atoms with van der Waals surface area (Å²) in [5, 5.41) is 7.10. The van der Waals surface area contributed by atoms with Gasteiger partial charge in [0.25, 0.3) is 0 Å². The third kappa shape index (κ3) is 1.49. The summed E-state index contributed by atoms with van der Waals surface area (Å²) in [4.78, 5) is 4.38. The lowest BCUT2D eigenvalue weighted by atomic mass is 9.83. The van der Waals surface area contributed by atoms with Crippen LogP contribution < -0.4 is 0 Å². The van der Waals surface area contributed by atoms with Crippen LogP contribution in [0.3, 0.4) is 0 Å². The number of rotatable bonds is 3. The molecule has 2 rings (SSSR count). The van der Waals surface area contributed by atoms with Crippen molar-refractivity contribution in [1.82, 2.24) is 15.2 Å². The van der Waals surface area contributed by atoms with Gasteiger partial charge in [-0.2, -0.15) is 5.10 Å². The van der Waals surface area contributed by atoms with Gasteiger partial charge in [0.1, 0.15) is 11.6 Å². The number of hydrogen-bond donors (Lipinski definition) is 1. The van der Waals surface area contributed by atoms with Crippen LogP contribution >= 0.6 is 0 Å². The Morgan fingerprint density at radius 1 is 1.50 bits per heavy atom. The van der Waals surface area contributed by atoms with Gasteiger partial charge in [-0.1, -0.05) is 26.2 Å². The summed E-state index contributed by atoms with van der Waals surface area (Å²) in [6.07, 6.45) is 6.19. The number of aromatic amines is 1. The zero-order chi connectivity index (χ0) is 8.39. The van der Waals surface area contributed by atoms with Gasteiger partial charge in [-0.25, -0.2) is 4.98 Å². The Bertz CT molecular complexity index is 250. The van der Waals surface area contributed by atoms with Crippen molar-refractivity contribution in [3.05, 3.63) is 11.6 Å². The van der Waals surface area contributed by atoms with Crippen molar-refractivity contribution in [2.24, 2.45) is 5.92 Å². The molecule has 0 amide bonds. The van der Waals surface area contributed by atoms with Gasteiger partial charge in [0.2, 0.25) is 0 Å². The molecule has 0 saturated heterocycles. The standard InChI is InChI=1S/C9H15N3/c1-2-8-10-9(12-11-8)6-7-4-3-5-7/h7H,2-6H2,1H3,(H,10,11,12). The van der Waals surface area contributed by atoms with Crippen molar-refractivity contribution < 1.29 is 0 Å². The van der Waals surface area contributed by atoms with Crippen LogP contribution in [0.1, 0.15) is 37.8 Å². The Morgan fingerprint density at radius 3 is 2.83 bits per heavy atom. The van der Waals surface area contributed by atoms with Gasteiger partial charge in [-0.3, -0.25) is 5.10 Å². The molecule has 0 unspecified atom stereocenters. The van der Waals surface area contributed by atoms with Crippen molar-refractivity contribution in [3.63, 3.8) is 0 Å². The lowest BCUT2D eigenvalue weighted by molar-refractivity contribution is 0.309.